The molecular weight excluding hydrogens is 275 g/mol. The fraction of sp³-hybridized carbons (Fsp3) is 0.706. The zero-order chi connectivity index (χ0) is 29.2. The van der Waals surface area contributed by atoms with Crippen LogP contribution in [0, 0.1) is 5.89 Å². The number of hydrogen-bond acceptors (Lipinski definition) is 4. The van der Waals surface area contributed by atoms with Gasteiger partial charge >= 0.3 is 7.12 Å². The summed E-state index contributed by atoms with van der Waals surface area (Å²) in [6.07, 6.45) is -8.73. The van der Waals surface area contributed by atoms with E-state index in [2.05, 4.69) is 4.98 Å². The highest BCUT2D eigenvalue weighted by molar-refractivity contribution is 6.62. The number of hydrogen-bond donors (Lipinski definition) is 0. The lowest BCUT2D eigenvalue weighted by Gasteiger charge is -2.32. The monoisotopic (exact) mass is 317 g/mol. The van der Waals surface area contributed by atoms with Crippen molar-refractivity contribution in [2.75, 3.05) is 17.9 Å². The molecule has 1 aromatic rings. The van der Waals surface area contributed by atoms with Gasteiger partial charge < -0.3 is 14.2 Å². The van der Waals surface area contributed by atoms with Gasteiger partial charge in [0.1, 0.15) is 5.82 Å². The molecule has 1 aromatic heterocycles. The minimum Gasteiger partial charge on any atom is -0.399 e. The number of pyridine rings is 1. The molecule has 0 spiro atoms. The van der Waals surface area contributed by atoms with Crippen molar-refractivity contribution in [3.63, 3.8) is 0 Å². The standard InChI is InChI=1S/C17H27BN2O2/c1-13-7-10-20(11-8-13)15-12-14(6-9-19-15)18-21-16(2,3)17(4,5)22-18/h6,9,12-13H,7-8,10-11H2,1-5H3/i1D3,6D,7D2,8D2,9D,10D2,11D2,12D,13D. The van der Waals surface area contributed by atoms with Crippen LogP contribution in [-0.4, -0.2) is 36.3 Å². The van der Waals surface area contributed by atoms with Crippen molar-refractivity contribution >= 4 is 18.4 Å². The Kier molecular flexibility index (Phi) is 1.45. The Balaban J connectivity index is 2.36. The summed E-state index contributed by atoms with van der Waals surface area (Å²) in [4.78, 5) is 3.44. The minimum atomic E-state index is -3.95. The third-order valence-corrected chi connectivity index (χ3v) is 3.89. The quantitative estimate of drug-likeness (QED) is 0.786. The van der Waals surface area contributed by atoms with Gasteiger partial charge in [-0.15, -0.1) is 0 Å². The van der Waals surface area contributed by atoms with E-state index in [1.165, 1.54) is 0 Å². The Morgan fingerprint density at radius 2 is 2.00 bits per heavy atom. The molecule has 0 amide bonds. The van der Waals surface area contributed by atoms with E-state index in [9.17, 15) is 0 Å². The predicted octanol–water partition coefficient (Wildman–Crippen LogP) is 2.62. The van der Waals surface area contributed by atoms with Gasteiger partial charge in [-0.25, -0.2) is 4.98 Å². The molecule has 4 nitrogen and oxygen atoms in total. The first-order valence-corrected chi connectivity index (χ1v) is 6.79. The number of nitrogens with zero attached hydrogens (tertiary/aromatic N) is 2. The molecule has 22 heavy (non-hydrogen) atoms. The van der Waals surface area contributed by atoms with E-state index >= 15 is 0 Å². The summed E-state index contributed by atoms with van der Waals surface area (Å²) in [5.41, 5.74) is -2.41. The van der Waals surface area contributed by atoms with Crippen molar-refractivity contribution in [2.45, 2.75) is 58.5 Å². The van der Waals surface area contributed by atoms with Crippen LogP contribution in [0.25, 0.3) is 0 Å². The van der Waals surface area contributed by atoms with E-state index < -0.39 is 86.3 Å². The molecule has 3 heterocycles. The number of rotatable bonds is 2. The maximum Gasteiger partial charge on any atom is 0.495 e. The number of aromatic nitrogens is 1. The molecule has 2 aliphatic heterocycles. The van der Waals surface area contributed by atoms with Gasteiger partial charge in [-0.2, -0.15) is 0 Å². The fourth-order valence-electron chi connectivity index (χ4n) is 1.89. The molecule has 0 aliphatic carbocycles. The first-order valence-electron chi connectivity index (χ1n) is 14.3. The molecule has 5 heteroatoms. The van der Waals surface area contributed by atoms with Crippen molar-refractivity contribution in [1.29, 1.82) is 0 Å². The summed E-state index contributed by atoms with van der Waals surface area (Å²) in [5.74, 6) is -5.03. The molecule has 3 rings (SSSR count). The van der Waals surface area contributed by atoms with Crippen LogP contribution in [0.1, 0.15) is 67.9 Å². The van der Waals surface area contributed by atoms with Gasteiger partial charge in [0.2, 0.25) is 0 Å². The smallest absolute Gasteiger partial charge is 0.399 e. The van der Waals surface area contributed by atoms with E-state index in [-0.39, 0.29) is 4.90 Å². The molecule has 0 radical (unpaired) electrons. The van der Waals surface area contributed by atoms with Crippen molar-refractivity contribution in [2.24, 2.45) is 5.89 Å². The molecule has 2 fully saturated rings. The van der Waals surface area contributed by atoms with E-state index in [0.29, 0.717) is 0 Å². The lowest BCUT2D eigenvalue weighted by Crippen LogP contribution is -2.41. The summed E-state index contributed by atoms with van der Waals surface area (Å²) in [6.45, 7) is -4.75. The van der Waals surface area contributed by atoms with E-state index in [0.717, 1.165) is 0 Å². The fourth-order valence-corrected chi connectivity index (χ4v) is 1.89. The van der Waals surface area contributed by atoms with Gasteiger partial charge in [-0.3, -0.25) is 0 Å². The minimum absolute atomic E-state index is 0.187. The van der Waals surface area contributed by atoms with Crippen LogP contribution in [0.4, 0.5) is 5.82 Å². The molecular formula is C17H27BN2O2. The lowest BCUT2D eigenvalue weighted by atomic mass is 9.79. The Bertz CT molecular complexity index is 1080. The van der Waals surface area contributed by atoms with E-state index in [1.54, 1.807) is 27.7 Å². The van der Waals surface area contributed by atoms with E-state index in [1.807, 2.05) is 0 Å². The largest absolute Gasteiger partial charge is 0.495 e. The number of piperidine rings is 1. The molecule has 0 saturated carbocycles. The molecule has 2 saturated heterocycles. The zero-order valence-corrected chi connectivity index (χ0v) is 12.8. The van der Waals surface area contributed by atoms with Gasteiger partial charge in [0.05, 0.1) is 15.3 Å². The van der Waals surface area contributed by atoms with Crippen LogP contribution in [0.5, 0.6) is 0 Å². The molecule has 0 bridgehead atoms. The second-order valence-electron chi connectivity index (χ2n) is 5.98. The SMILES string of the molecule is [2H]c1nc(N2C([2H])([2H])C([2H])([2H])C([2H])(C([2H])([2H])[2H])C([2H])([2H])C2([2H])[2H])c([2H])c(B2OC(C)(C)C(C)(C)O2)c1[2H]. The van der Waals surface area contributed by atoms with Crippen LogP contribution in [0.3, 0.4) is 0 Å². The van der Waals surface area contributed by atoms with Crippen LogP contribution < -0.4 is 10.4 Å². The van der Waals surface area contributed by atoms with Gasteiger partial charge in [0, 0.05) is 35.6 Å². The van der Waals surface area contributed by atoms with Crippen molar-refractivity contribution in [3.8, 4) is 0 Å². The Morgan fingerprint density at radius 1 is 1.36 bits per heavy atom. The average Bonchev–Trinajstić information content (AvgIpc) is 2.89. The predicted molar refractivity (Wildman–Crippen MR) is 90.6 cm³/mol. The summed E-state index contributed by atoms with van der Waals surface area (Å²) in [7, 11) is -1.47. The van der Waals surface area contributed by atoms with Crippen LogP contribution in [-0.2, 0) is 9.31 Å². The number of anilines is 1. The molecule has 0 unspecified atom stereocenters. The van der Waals surface area contributed by atoms with Crippen LogP contribution in [0.15, 0.2) is 18.3 Å². The van der Waals surface area contributed by atoms with Crippen molar-refractivity contribution in [1.82, 2.24) is 4.98 Å². The highest BCUT2D eigenvalue weighted by Gasteiger charge is 2.51. The summed E-state index contributed by atoms with van der Waals surface area (Å²) < 4.78 is 135. The molecule has 120 valence electrons. The maximum atomic E-state index is 8.67. The highest BCUT2D eigenvalue weighted by atomic mass is 16.7. The summed E-state index contributed by atoms with van der Waals surface area (Å²) >= 11 is 0. The summed E-state index contributed by atoms with van der Waals surface area (Å²) in [6, 6.07) is -1.58. The Morgan fingerprint density at radius 3 is 2.59 bits per heavy atom. The van der Waals surface area contributed by atoms with Crippen LogP contribution in [0.2, 0.25) is 0 Å². The molecule has 0 aromatic carbocycles. The normalized spacial score (nSPS) is 45.9. The van der Waals surface area contributed by atoms with Crippen molar-refractivity contribution in [3.05, 3.63) is 18.3 Å². The zero-order valence-electron chi connectivity index (χ0n) is 27.8. The van der Waals surface area contributed by atoms with Crippen molar-refractivity contribution < 1.29 is 29.9 Å². The molecule has 0 N–H and O–H groups in total. The van der Waals surface area contributed by atoms with Gasteiger partial charge in [0.15, 0.2) is 0 Å². The molecule has 2 aliphatic rings. The second-order valence-corrected chi connectivity index (χ2v) is 5.98. The third kappa shape index (κ3) is 2.89. The topological polar surface area (TPSA) is 34.6 Å². The van der Waals surface area contributed by atoms with E-state index in [4.69, 9.17) is 29.9 Å². The Hall–Kier alpha value is -1.07. The summed E-state index contributed by atoms with van der Waals surface area (Å²) in [5, 5.41) is 0. The third-order valence-electron chi connectivity index (χ3n) is 3.89. The highest BCUT2D eigenvalue weighted by Crippen LogP contribution is 2.36. The Labute approximate surface area is 155 Å². The van der Waals surface area contributed by atoms with Gasteiger partial charge in [-0.05, 0) is 63.9 Å². The first kappa shape index (κ1) is 5.78. The second kappa shape index (κ2) is 5.53. The lowest BCUT2D eigenvalue weighted by molar-refractivity contribution is 0.00578. The maximum absolute atomic E-state index is 8.67. The van der Waals surface area contributed by atoms with Gasteiger partial charge in [-0.1, -0.05) is 6.85 Å². The van der Waals surface area contributed by atoms with Gasteiger partial charge in [0.25, 0.3) is 0 Å². The average molecular weight is 317 g/mol. The van der Waals surface area contributed by atoms with Crippen LogP contribution >= 0.6 is 0 Å². The first-order chi connectivity index (χ1) is 16.1. The molecule has 0 atom stereocenters.